The molecule has 0 radical (unpaired) electrons. The second-order valence-corrected chi connectivity index (χ2v) is 10.1. The van der Waals surface area contributed by atoms with Crippen molar-refractivity contribution in [3.8, 4) is 0 Å². The zero-order valence-electron chi connectivity index (χ0n) is 19.5. The molecule has 0 unspecified atom stereocenters. The molecule has 3 heterocycles. The number of anilines is 1. The maximum Gasteiger partial charge on any atom is 0.314 e. The largest absolute Gasteiger partial charge is 0.349 e. The molecule has 1 aliphatic rings. The van der Waals surface area contributed by atoms with Crippen LogP contribution in [0.5, 0.6) is 0 Å². The van der Waals surface area contributed by atoms with Gasteiger partial charge in [0, 0.05) is 62.1 Å². The van der Waals surface area contributed by atoms with Gasteiger partial charge in [0.25, 0.3) is 5.91 Å². The van der Waals surface area contributed by atoms with E-state index in [2.05, 4.69) is 46.7 Å². The van der Waals surface area contributed by atoms with Crippen LogP contribution in [0.3, 0.4) is 0 Å². The van der Waals surface area contributed by atoms with E-state index in [0.717, 1.165) is 34.6 Å². The molecule has 2 aromatic rings. The van der Waals surface area contributed by atoms with Crippen LogP contribution in [0, 0.1) is 0 Å². The van der Waals surface area contributed by atoms with Gasteiger partial charge in [0.2, 0.25) is 5.91 Å². The molecule has 190 valence electrons. The van der Waals surface area contributed by atoms with Gasteiger partial charge in [-0.05, 0) is 35.1 Å². The van der Waals surface area contributed by atoms with Gasteiger partial charge in [0.1, 0.15) is 5.82 Å². The first-order valence-corrected chi connectivity index (χ1v) is 12.1. The minimum atomic E-state index is -0.908. The Kier molecular flexibility index (Phi) is 10.6. The third-order valence-corrected chi connectivity index (χ3v) is 6.61. The van der Waals surface area contributed by atoms with E-state index in [4.69, 9.17) is 0 Å². The fourth-order valence-corrected chi connectivity index (χ4v) is 4.48. The van der Waals surface area contributed by atoms with E-state index in [1.807, 2.05) is 7.05 Å². The van der Waals surface area contributed by atoms with Crippen molar-refractivity contribution in [1.29, 1.82) is 0 Å². The van der Waals surface area contributed by atoms with Crippen LogP contribution in [-0.2, 0) is 27.3 Å². The lowest BCUT2D eigenvalue weighted by molar-refractivity contribution is -0.136. The van der Waals surface area contributed by atoms with Gasteiger partial charge in [-0.15, -0.1) is 23.7 Å². The zero-order chi connectivity index (χ0) is 24.8. The van der Waals surface area contributed by atoms with Gasteiger partial charge in [-0.2, -0.15) is 0 Å². The summed E-state index contributed by atoms with van der Waals surface area (Å²) in [5.41, 5.74) is 0.917. The van der Waals surface area contributed by atoms with Crippen molar-refractivity contribution in [1.82, 2.24) is 30.4 Å². The number of hydrogen-bond donors (Lipinski definition) is 3. The highest BCUT2D eigenvalue weighted by atomic mass is 79.9. The Bertz CT molecular complexity index is 1080. The summed E-state index contributed by atoms with van der Waals surface area (Å²) >= 11 is 4.56. The van der Waals surface area contributed by atoms with E-state index in [-0.39, 0.29) is 37.1 Å². The summed E-state index contributed by atoms with van der Waals surface area (Å²) in [6.45, 7) is 1.50. The molecule has 0 bridgehead atoms. The van der Waals surface area contributed by atoms with Gasteiger partial charge >= 0.3 is 11.8 Å². The molecule has 0 fully saturated rings. The Hall–Kier alpha value is -2.61. The van der Waals surface area contributed by atoms with Crippen LogP contribution >= 0.6 is 39.7 Å². The number of nitrogens with zero attached hydrogens (tertiary/aromatic N) is 4. The Balaban J connectivity index is 0.00000432. The Morgan fingerprint density at radius 3 is 2.63 bits per heavy atom. The van der Waals surface area contributed by atoms with E-state index < -0.39 is 23.8 Å². The molecular formula is C21H27BrClN7O4S. The number of thiazole rings is 1. The number of hydrogen-bond acceptors (Lipinski definition) is 8. The van der Waals surface area contributed by atoms with Crippen LogP contribution in [0.2, 0.25) is 0 Å². The summed E-state index contributed by atoms with van der Waals surface area (Å²) < 4.78 is 0.729. The number of rotatable bonds is 7. The van der Waals surface area contributed by atoms with E-state index >= 15 is 0 Å². The normalized spacial score (nSPS) is 13.6. The first-order chi connectivity index (χ1) is 16.1. The molecule has 1 aliphatic heterocycles. The first-order valence-electron chi connectivity index (χ1n) is 10.5. The lowest BCUT2D eigenvalue weighted by Crippen LogP contribution is -2.48. The van der Waals surface area contributed by atoms with E-state index in [0.29, 0.717) is 5.01 Å². The third-order valence-electron chi connectivity index (χ3n) is 5.06. The molecule has 1 atom stereocenters. The number of halogens is 2. The molecule has 4 amide bonds. The number of carbonyl (C=O) groups is 4. The van der Waals surface area contributed by atoms with Gasteiger partial charge in [0.05, 0.1) is 11.7 Å². The topological polar surface area (TPSA) is 137 Å². The van der Waals surface area contributed by atoms with Crippen LogP contribution in [-0.4, -0.2) is 83.7 Å². The highest BCUT2D eigenvalue weighted by Crippen LogP contribution is 2.24. The predicted molar refractivity (Wildman–Crippen MR) is 138 cm³/mol. The Morgan fingerprint density at radius 1 is 1.23 bits per heavy atom. The van der Waals surface area contributed by atoms with Crippen LogP contribution in [0.25, 0.3) is 0 Å². The number of fused-ring (bicyclic) bond motifs is 1. The average Bonchev–Trinajstić information content (AvgIpc) is 3.22. The van der Waals surface area contributed by atoms with E-state index in [1.165, 1.54) is 22.4 Å². The molecule has 11 nitrogen and oxygen atoms in total. The number of pyridine rings is 1. The van der Waals surface area contributed by atoms with E-state index in [1.54, 1.807) is 26.2 Å². The lowest BCUT2D eigenvalue weighted by Gasteiger charge is -2.20. The smallest absolute Gasteiger partial charge is 0.314 e. The molecule has 35 heavy (non-hydrogen) atoms. The molecule has 0 saturated heterocycles. The fourth-order valence-electron chi connectivity index (χ4n) is 3.15. The monoisotopic (exact) mass is 587 g/mol. The van der Waals surface area contributed by atoms with Gasteiger partial charge in [-0.25, -0.2) is 9.97 Å². The maximum atomic E-state index is 12.8. The lowest BCUT2D eigenvalue weighted by atomic mass is 10.2. The van der Waals surface area contributed by atoms with Gasteiger partial charge in [0.15, 0.2) is 5.01 Å². The first kappa shape index (κ1) is 28.6. The van der Waals surface area contributed by atoms with Gasteiger partial charge < -0.3 is 25.8 Å². The number of carbonyl (C=O) groups excluding carboxylic acids is 4. The minimum Gasteiger partial charge on any atom is -0.349 e. The molecule has 14 heteroatoms. The second kappa shape index (κ2) is 12.9. The van der Waals surface area contributed by atoms with E-state index in [9.17, 15) is 19.2 Å². The number of likely N-dealkylation sites (N-methyl/N-ethyl adjacent to an activating group) is 1. The van der Waals surface area contributed by atoms with Crippen molar-refractivity contribution in [2.24, 2.45) is 0 Å². The van der Waals surface area contributed by atoms with Crippen molar-refractivity contribution in [3.63, 3.8) is 0 Å². The predicted octanol–water partition coefficient (Wildman–Crippen LogP) is 1.04. The summed E-state index contributed by atoms with van der Waals surface area (Å²) in [6.07, 6.45) is 2.21. The van der Waals surface area contributed by atoms with Gasteiger partial charge in [-0.3, -0.25) is 19.2 Å². The molecule has 3 N–H and O–H groups in total. The van der Waals surface area contributed by atoms with Crippen LogP contribution in [0.15, 0.2) is 22.8 Å². The van der Waals surface area contributed by atoms with Crippen LogP contribution in [0.1, 0.15) is 26.8 Å². The van der Waals surface area contributed by atoms with Crippen LogP contribution in [0.4, 0.5) is 5.82 Å². The Labute approximate surface area is 221 Å². The molecule has 0 spiro atoms. The summed E-state index contributed by atoms with van der Waals surface area (Å²) in [4.78, 5) is 62.6. The standard InChI is InChI=1S/C21H26BrN7O4S.ClH/c1-28(2)17(30)8-13(10-24-18(31)19(32)27-16-5-4-12(22)9-23-16)25-20(33)21-26-14-6-7-29(3)11-15(14)34-21;/h4-5,9,13H,6-8,10-11H2,1-3H3,(H,24,31)(H,25,33)(H,23,27,32);1H/t13-;/m1./s1. The zero-order valence-corrected chi connectivity index (χ0v) is 22.7. The average molecular weight is 589 g/mol. The van der Waals surface area contributed by atoms with Crippen molar-refractivity contribution < 1.29 is 19.2 Å². The summed E-state index contributed by atoms with van der Waals surface area (Å²) in [6, 6.07) is 2.49. The van der Waals surface area contributed by atoms with Crippen LogP contribution < -0.4 is 16.0 Å². The van der Waals surface area contributed by atoms with Crippen molar-refractivity contribution in [3.05, 3.63) is 38.4 Å². The second-order valence-electron chi connectivity index (χ2n) is 8.07. The molecule has 2 aromatic heterocycles. The fraction of sp³-hybridized carbons (Fsp3) is 0.429. The molecule has 3 rings (SSSR count). The SMILES string of the molecule is CN1CCc2nc(C(=O)N[C@@H](CNC(=O)C(=O)Nc3ccc(Br)cn3)CC(=O)N(C)C)sc2C1.Cl. The van der Waals surface area contributed by atoms with Crippen molar-refractivity contribution in [2.75, 3.05) is 39.5 Å². The summed E-state index contributed by atoms with van der Waals surface area (Å²) in [5, 5.41) is 7.95. The van der Waals surface area contributed by atoms with Gasteiger partial charge in [-0.1, -0.05) is 0 Å². The highest BCUT2D eigenvalue weighted by molar-refractivity contribution is 9.10. The Morgan fingerprint density at radius 2 is 1.97 bits per heavy atom. The third kappa shape index (κ3) is 8.23. The molecule has 0 aromatic carbocycles. The number of nitrogens with one attached hydrogen (secondary N) is 3. The number of aromatic nitrogens is 2. The highest BCUT2D eigenvalue weighted by Gasteiger charge is 2.25. The number of amides is 4. The van der Waals surface area contributed by atoms with Crippen molar-refractivity contribution >= 4 is 69.1 Å². The minimum absolute atomic E-state index is 0. The molecular weight excluding hydrogens is 562 g/mol. The van der Waals surface area contributed by atoms with Crippen molar-refractivity contribution in [2.45, 2.75) is 25.4 Å². The quantitative estimate of drug-likeness (QED) is 0.411. The summed E-state index contributed by atoms with van der Waals surface area (Å²) in [7, 11) is 5.21. The molecule has 0 saturated carbocycles. The maximum absolute atomic E-state index is 12.8. The molecule has 0 aliphatic carbocycles. The summed E-state index contributed by atoms with van der Waals surface area (Å²) in [5.74, 6) is -2.25.